The predicted molar refractivity (Wildman–Crippen MR) is 47.1 cm³/mol. The molecule has 1 unspecified atom stereocenters. The van der Waals surface area contributed by atoms with Crippen LogP contribution in [0.2, 0.25) is 0 Å². The third kappa shape index (κ3) is 4.80. The van der Waals surface area contributed by atoms with E-state index in [0.29, 0.717) is 6.04 Å². The third-order valence-electron chi connectivity index (χ3n) is 1.81. The van der Waals surface area contributed by atoms with Gasteiger partial charge < -0.3 is 5.32 Å². The van der Waals surface area contributed by atoms with E-state index in [1.165, 1.54) is 0 Å². The van der Waals surface area contributed by atoms with Crippen LogP contribution in [0, 0.1) is 16.7 Å². The summed E-state index contributed by atoms with van der Waals surface area (Å²) >= 11 is 0. The highest BCUT2D eigenvalue weighted by atomic mass is 14.9. The zero-order valence-corrected chi connectivity index (χ0v) is 7.94. The molecule has 0 aromatic carbocycles. The number of nitrogens with one attached hydrogen (secondary N) is 1. The Bertz CT molecular complexity index is 144. The first-order valence-corrected chi connectivity index (χ1v) is 4.16. The molecule has 1 N–H and O–H groups in total. The second-order valence-corrected chi connectivity index (χ2v) is 3.69. The van der Waals surface area contributed by atoms with Gasteiger partial charge in [-0.15, -0.1) is 0 Å². The van der Waals surface area contributed by atoms with Crippen molar-refractivity contribution in [2.75, 3.05) is 6.54 Å². The summed E-state index contributed by atoms with van der Waals surface area (Å²) in [5, 5.41) is 12.0. The van der Waals surface area contributed by atoms with Crippen molar-refractivity contribution in [3.05, 3.63) is 0 Å². The average Bonchev–Trinajstić information content (AvgIpc) is 2.00. The molecule has 2 heteroatoms. The lowest BCUT2D eigenvalue weighted by atomic mass is 9.95. The van der Waals surface area contributed by atoms with Crippen LogP contribution >= 0.6 is 0 Å². The van der Waals surface area contributed by atoms with Gasteiger partial charge in [0.25, 0.3) is 0 Å². The van der Waals surface area contributed by atoms with Gasteiger partial charge in [0.05, 0.1) is 11.5 Å². The molecule has 0 aromatic rings. The first kappa shape index (κ1) is 10.4. The monoisotopic (exact) mass is 154 g/mol. The zero-order chi connectivity index (χ0) is 8.91. The van der Waals surface area contributed by atoms with Crippen molar-refractivity contribution in [1.82, 2.24) is 5.32 Å². The Morgan fingerprint density at radius 1 is 1.55 bits per heavy atom. The highest BCUT2D eigenvalue weighted by Gasteiger charge is 2.16. The Hall–Kier alpha value is -0.550. The van der Waals surface area contributed by atoms with Gasteiger partial charge in [-0.25, -0.2) is 0 Å². The van der Waals surface area contributed by atoms with E-state index in [1.54, 1.807) is 0 Å². The van der Waals surface area contributed by atoms with Gasteiger partial charge in [-0.1, -0.05) is 6.92 Å². The van der Waals surface area contributed by atoms with E-state index in [-0.39, 0.29) is 5.41 Å². The fourth-order valence-electron chi connectivity index (χ4n) is 0.613. The van der Waals surface area contributed by atoms with Crippen molar-refractivity contribution >= 4 is 0 Å². The zero-order valence-electron chi connectivity index (χ0n) is 7.94. The number of nitrogens with zero attached hydrogens (tertiary/aromatic N) is 1. The van der Waals surface area contributed by atoms with Gasteiger partial charge >= 0.3 is 0 Å². The van der Waals surface area contributed by atoms with Gasteiger partial charge in [-0.2, -0.15) is 5.26 Å². The van der Waals surface area contributed by atoms with Crippen LogP contribution in [0.5, 0.6) is 0 Å². The van der Waals surface area contributed by atoms with Crippen molar-refractivity contribution in [2.24, 2.45) is 5.41 Å². The first-order chi connectivity index (χ1) is 5.02. The van der Waals surface area contributed by atoms with Gasteiger partial charge in [0, 0.05) is 12.6 Å². The van der Waals surface area contributed by atoms with Crippen molar-refractivity contribution < 1.29 is 0 Å². The summed E-state index contributed by atoms with van der Waals surface area (Å²) in [5.74, 6) is 0. The SMILES string of the molecule is CCC(C)NCC(C)(C)C#N. The normalized spacial score (nSPS) is 14.1. The molecule has 0 spiro atoms. The molecule has 0 aliphatic rings. The van der Waals surface area contributed by atoms with Crippen LogP contribution in [0.1, 0.15) is 34.1 Å². The van der Waals surface area contributed by atoms with Gasteiger partial charge in [0.15, 0.2) is 0 Å². The molecular formula is C9H18N2. The predicted octanol–water partition coefficient (Wildman–Crippen LogP) is 1.92. The Labute approximate surface area is 69.6 Å². The quantitative estimate of drug-likeness (QED) is 0.671. The Morgan fingerprint density at radius 2 is 2.09 bits per heavy atom. The molecular weight excluding hydrogens is 136 g/mol. The fourth-order valence-corrected chi connectivity index (χ4v) is 0.613. The fraction of sp³-hybridized carbons (Fsp3) is 0.889. The molecule has 11 heavy (non-hydrogen) atoms. The maximum Gasteiger partial charge on any atom is 0.0697 e. The molecule has 0 radical (unpaired) electrons. The summed E-state index contributed by atoms with van der Waals surface area (Å²) in [5.41, 5.74) is -0.233. The van der Waals surface area contributed by atoms with Crippen molar-refractivity contribution in [1.29, 1.82) is 5.26 Å². The molecule has 1 atom stereocenters. The Kier molecular flexibility index (Phi) is 4.14. The van der Waals surface area contributed by atoms with E-state index in [2.05, 4.69) is 25.2 Å². The Morgan fingerprint density at radius 3 is 2.45 bits per heavy atom. The minimum atomic E-state index is -0.233. The van der Waals surface area contributed by atoms with Crippen molar-refractivity contribution in [3.63, 3.8) is 0 Å². The van der Waals surface area contributed by atoms with Crippen LogP contribution in [-0.4, -0.2) is 12.6 Å². The molecule has 0 aromatic heterocycles. The van der Waals surface area contributed by atoms with E-state index in [9.17, 15) is 0 Å². The minimum absolute atomic E-state index is 0.233. The maximum absolute atomic E-state index is 8.69. The van der Waals surface area contributed by atoms with Gasteiger partial charge in [-0.05, 0) is 27.2 Å². The highest BCUT2D eigenvalue weighted by Crippen LogP contribution is 2.10. The molecule has 0 rings (SSSR count). The van der Waals surface area contributed by atoms with Crippen molar-refractivity contribution in [3.8, 4) is 6.07 Å². The molecule has 0 saturated heterocycles. The van der Waals surface area contributed by atoms with E-state index < -0.39 is 0 Å². The largest absolute Gasteiger partial charge is 0.313 e. The molecule has 0 aliphatic heterocycles. The first-order valence-electron chi connectivity index (χ1n) is 4.16. The lowest BCUT2D eigenvalue weighted by Gasteiger charge is -2.19. The lowest BCUT2D eigenvalue weighted by molar-refractivity contribution is 0.405. The summed E-state index contributed by atoms with van der Waals surface area (Å²) in [6.45, 7) is 8.94. The highest BCUT2D eigenvalue weighted by molar-refractivity contribution is 4.93. The summed E-state index contributed by atoms with van der Waals surface area (Å²) in [6, 6.07) is 2.77. The Balaban J connectivity index is 3.63. The molecule has 0 bridgehead atoms. The van der Waals surface area contributed by atoms with Crippen molar-refractivity contribution in [2.45, 2.75) is 40.2 Å². The van der Waals surface area contributed by atoms with E-state index in [1.807, 2.05) is 13.8 Å². The van der Waals surface area contributed by atoms with Gasteiger partial charge in [0.2, 0.25) is 0 Å². The standard InChI is InChI=1S/C9H18N2/c1-5-8(2)11-7-9(3,4)6-10/h8,11H,5,7H2,1-4H3. The molecule has 0 heterocycles. The average molecular weight is 154 g/mol. The molecule has 0 amide bonds. The van der Waals surface area contributed by atoms with Crippen LogP contribution < -0.4 is 5.32 Å². The second-order valence-electron chi connectivity index (χ2n) is 3.69. The van der Waals surface area contributed by atoms with Gasteiger partial charge in [-0.3, -0.25) is 0 Å². The van der Waals surface area contributed by atoms with E-state index in [4.69, 9.17) is 5.26 Å². The molecule has 0 fully saturated rings. The van der Waals surface area contributed by atoms with Gasteiger partial charge in [0.1, 0.15) is 0 Å². The smallest absolute Gasteiger partial charge is 0.0697 e. The number of hydrogen-bond acceptors (Lipinski definition) is 2. The van der Waals surface area contributed by atoms with Crippen LogP contribution in [0.3, 0.4) is 0 Å². The number of nitriles is 1. The molecule has 2 nitrogen and oxygen atoms in total. The van der Waals surface area contributed by atoms with Crippen LogP contribution in [0.4, 0.5) is 0 Å². The summed E-state index contributed by atoms with van der Waals surface area (Å²) < 4.78 is 0. The summed E-state index contributed by atoms with van der Waals surface area (Å²) in [7, 11) is 0. The topological polar surface area (TPSA) is 35.8 Å². The molecule has 0 saturated carbocycles. The second kappa shape index (κ2) is 4.35. The number of rotatable bonds is 4. The number of hydrogen-bond donors (Lipinski definition) is 1. The summed E-state index contributed by atoms with van der Waals surface area (Å²) in [6.07, 6.45) is 1.11. The molecule has 0 aliphatic carbocycles. The lowest BCUT2D eigenvalue weighted by Crippen LogP contribution is -2.34. The maximum atomic E-state index is 8.69. The minimum Gasteiger partial charge on any atom is -0.313 e. The van der Waals surface area contributed by atoms with Crippen LogP contribution in [0.25, 0.3) is 0 Å². The van der Waals surface area contributed by atoms with E-state index >= 15 is 0 Å². The van der Waals surface area contributed by atoms with Crippen LogP contribution in [-0.2, 0) is 0 Å². The third-order valence-corrected chi connectivity index (χ3v) is 1.81. The molecule has 64 valence electrons. The van der Waals surface area contributed by atoms with Crippen LogP contribution in [0.15, 0.2) is 0 Å². The summed E-state index contributed by atoms with van der Waals surface area (Å²) in [4.78, 5) is 0. The van der Waals surface area contributed by atoms with E-state index in [0.717, 1.165) is 13.0 Å².